The normalized spacial score (nSPS) is 32.3. The van der Waals surface area contributed by atoms with Gasteiger partial charge in [-0.2, -0.15) is 0 Å². The molecule has 0 heterocycles. The molecule has 0 aliphatic heterocycles. The van der Waals surface area contributed by atoms with Gasteiger partial charge in [0.2, 0.25) is 5.78 Å². The predicted octanol–water partition coefficient (Wildman–Crippen LogP) is -0.806. The molecule has 4 rings (SSSR count). The third-order valence-electron chi connectivity index (χ3n) is 7.36. The summed E-state index contributed by atoms with van der Waals surface area (Å²) in [6.45, 7) is 1.55. The summed E-state index contributed by atoms with van der Waals surface area (Å²) < 4.78 is 0. The van der Waals surface area contributed by atoms with Gasteiger partial charge in [0.1, 0.15) is 28.4 Å². The minimum atomic E-state index is -3.02. The molecule has 186 valence electrons. The maximum atomic E-state index is 13.8. The molecule has 3 unspecified atom stereocenters. The third-order valence-corrected chi connectivity index (χ3v) is 7.36. The minimum absolute atomic E-state index is 0.220. The number of carboxylic acids is 1. The number of ketones is 2. The largest absolute Gasteiger partial charge is 0.508 e. The quantitative estimate of drug-likeness (QED) is 0.261. The fourth-order valence-corrected chi connectivity index (χ4v) is 5.79. The molecule has 12 nitrogen and oxygen atoms in total. The van der Waals surface area contributed by atoms with E-state index in [-0.39, 0.29) is 11.1 Å². The molecule has 1 fully saturated rings. The highest BCUT2D eigenvalue weighted by Gasteiger charge is 2.68. The van der Waals surface area contributed by atoms with E-state index >= 15 is 0 Å². The van der Waals surface area contributed by atoms with Crippen LogP contribution in [0.15, 0.2) is 29.0 Å². The van der Waals surface area contributed by atoms with Crippen molar-refractivity contribution in [1.29, 1.82) is 0 Å². The Morgan fingerprint density at radius 3 is 2.23 bits per heavy atom. The summed E-state index contributed by atoms with van der Waals surface area (Å²) in [5.74, 6) is -12.0. The summed E-state index contributed by atoms with van der Waals surface area (Å²) in [5.41, 5.74) is -0.0870. The van der Waals surface area contributed by atoms with Crippen molar-refractivity contribution in [2.24, 2.45) is 17.6 Å². The number of carboxylic acid groups (broad SMARTS) is 1. The molecule has 3 aliphatic carbocycles. The van der Waals surface area contributed by atoms with Crippen LogP contribution in [-0.4, -0.2) is 90.8 Å². The van der Waals surface area contributed by atoms with Gasteiger partial charge in [0, 0.05) is 11.5 Å². The number of hydrogen-bond donors (Lipinski definition) is 7. The van der Waals surface area contributed by atoms with Gasteiger partial charge in [-0.05, 0) is 31.6 Å². The number of carbonyl (C=O) groups excluding carboxylic acids is 3. The molecule has 1 saturated carbocycles. The van der Waals surface area contributed by atoms with Crippen LogP contribution in [0.3, 0.4) is 0 Å². The number of amides is 1. The van der Waals surface area contributed by atoms with Crippen molar-refractivity contribution in [2.75, 3.05) is 14.1 Å². The van der Waals surface area contributed by atoms with E-state index in [1.54, 1.807) is 6.92 Å². The summed E-state index contributed by atoms with van der Waals surface area (Å²) >= 11 is 0. The third kappa shape index (κ3) is 2.90. The molecule has 0 bridgehead atoms. The van der Waals surface area contributed by atoms with Crippen LogP contribution in [0, 0.1) is 11.8 Å². The number of likely N-dealkylation sites (N-methyl/N-ethyl adjacent to an activating group) is 1. The Hall–Kier alpha value is -3.74. The number of Topliss-reactive ketones (excluding diaryl/α,β-unsaturated/α-hetero) is 2. The Kier molecular flexibility index (Phi) is 5.32. The number of phenols is 1. The highest BCUT2D eigenvalue weighted by atomic mass is 16.4. The van der Waals surface area contributed by atoms with E-state index in [0.717, 1.165) is 6.07 Å². The molecule has 6 atom stereocenters. The number of fused-ring (bicyclic) bond motifs is 3. The maximum absolute atomic E-state index is 13.8. The Bertz CT molecular complexity index is 1280. The van der Waals surface area contributed by atoms with Crippen LogP contribution in [0.2, 0.25) is 0 Å². The summed E-state index contributed by atoms with van der Waals surface area (Å²) in [6, 6.07) is 0.989. The SMILES string of the molecule is C[C@H]1c2ccc(C(=O)O)c(O)c2C(O)=C2C(=O)[C@]3(O)C(O)=C(C(N)=O)C(=O)[C@@H](N(C)C)C3C(O)C21. The van der Waals surface area contributed by atoms with Gasteiger partial charge in [0.15, 0.2) is 11.4 Å². The van der Waals surface area contributed by atoms with E-state index in [1.807, 2.05) is 0 Å². The van der Waals surface area contributed by atoms with Gasteiger partial charge in [0.05, 0.1) is 23.6 Å². The van der Waals surface area contributed by atoms with Crippen molar-refractivity contribution in [3.05, 3.63) is 45.7 Å². The van der Waals surface area contributed by atoms with Gasteiger partial charge < -0.3 is 36.4 Å². The zero-order valence-corrected chi connectivity index (χ0v) is 18.9. The number of aliphatic hydroxyl groups excluding tert-OH is 3. The fourth-order valence-electron chi connectivity index (χ4n) is 5.79. The Morgan fingerprint density at radius 2 is 1.71 bits per heavy atom. The lowest BCUT2D eigenvalue weighted by atomic mass is 9.54. The molecule has 1 aromatic carbocycles. The monoisotopic (exact) mass is 488 g/mol. The first-order valence-corrected chi connectivity index (χ1v) is 10.6. The van der Waals surface area contributed by atoms with Crippen LogP contribution < -0.4 is 5.73 Å². The van der Waals surface area contributed by atoms with Crippen molar-refractivity contribution in [3.63, 3.8) is 0 Å². The smallest absolute Gasteiger partial charge is 0.339 e. The molecule has 0 saturated heterocycles. The van der Waals surface area contributed by atoms with Gasteiger partial charge in [-0.1, -0.05) is 13.0 Å². The van der Waals surface area contributed by atoms with Crippen molar-refractivity contribution < 1.29 is 49.8 Å². The summed E-state index contributed by atoms with van der Waals surface area (Å²) in [7, 11) is 2.82. The number of rotatable bonds is 3. The first-order chi connectivity index (χ1) is 16.2. The molecule has 1 aromatic rings. The molecule has 12 heteroatoms. The molecule has 35 heavy (non-hydrogen) atoms. The van der Waals surface area contributed by atoms with Gasteiger partial charge in [0.25, 0.3) is 5.91 Å². The van der Waals surface area contributed by atoms with Crippen LogP contribution in [0.1, 0.15) is 34.3 Å². The Balaban J connectivity index is 2.07. The number of aliphatic hydroxyl groups is 4. The second-order valence-corrected chi connectivity index (χ2v) is 9.28. The van der Waals surface area contributed by atoms with Crippen LogP contribution in [0.25, 0.3) is 5.76 Å². The number of carbonyl (C=O) groups is 4. The molecule has 0 spiro atoms. The molecule has 0 radical (unpaired) electrons. The lowest BCUT2D eigenvalue weighted by Crippen LogP contribution is -2.70. The lowest BCUT2D eigenvalue weighted by molar-refractivity contribution is -0.169. The van der Waals surface area contributed by atoms with Crippen LogP contribution >= 0.6 is 0 Å². The first-order valence-electron chi connectivity index (χ1n) is 10.6. The highest BCUT2D eigenvalue weighted by molar-refractivity contribution is 6.24. The van der Waals surface area contributed by atoms with E-state index in [0.29, 0.717) is 0 Å². The topological polar surface area (TPSA) is 219 Å². The van der Waals surface area contributed by atoms with Crippen molar-refractivity contribution in [2.45, 2.75) is 30.6 Å². The van der Waals surface area contributed by atoms with E-state index in [4.69, 9.17) is 5.73 Å². The van der Waals surface area contributed by atoms with Crippen LogP contribution in [0.5, 0.6) is 5.75 Å². The molecular formula is C23H24N2O10. The van der Waals surface area contributed by atoms with Crippen molar-refractivity contribution in [1.82, 2.24) is 4.90 Å². The fraction of sp³-hybridized carbons (Fsp3) is 0.391. The summed E-state index contributed by atoms with van der Waals surface area (Å²) in [6.07, 6.45) is -1.72. The maximum Gasteiger partial charge on any atom is 0.339 e. The Labute approximate surface area is 198 Å². The van der Waals surface area contributed by atoms with Gasteiger partial charge in [-0.15, -0.1) is 0 Å². The number of nitrogens with zero attached hydrogens (tertiary/aromatic N) is 1. The van der Waals surface area contributed by atoms with E-state index < -0.39 is 92.9 Å². The first kappa shape index (κ1) is 24.4. The molecule has 3 aliphatic rings. The van der Waals surface area contributed by atoms with E-state index in [2.05, 4.69) is 0 Å². The zero-order chi connectivity index (χ0) is 26.3. The van der Waals surface area contributed by atoms with Crippen LogP contribution in [0.4, 0.5) is 0 Å². The van der Waals surface area contributed by atoms with Crippen molar-refractivity contribution in [3.8, 4) is 5.75 Å². The second-order valence-electron chi connectivity index (χ2n) is 9.28. The number of hydrogen-bond acceptors (Lipinski definition) is 10. The van der Waals surface area contributed by atoms with Crippen molar-refractivity contribution >= 4 is 29.2 Å². The van der Waals surface area contributed by atoms with Gasteiger partial charge in [-0.25, -0.2) is 4.79 Å². The Morgan fingerprint density at radius 1 is 1.11 bits per heavy atom. The molecular weight excluding hydrogens is 464 g/mol. The number of aromatic carboxylic acids is 1. The number of benzene rings is 1. The minimum Gasteiger partial charge on any atom is -0.508 e. The van der Waals surface area contributed by atoms with Gasteiger partial charge in [-0.3, -0.25) is 19.3 Å². The predicted molar refractivity (Wildman–Crippen MR) is 117 cm³/mol. The second kappa shape index (κ2) is 7.63. The number of aromatic hydroxyl groups is 1. The summed E-state index contributed by atoms with van der Waals surface area (Å²) in [4.78, 5) is 51.6. The average molecular weight is 488 g/mol. The number of primary amides is 1. The standard InChI is InChI=1S/C23H24N2O10/c1-6-7-4-5-8(22(33)34)15(26)10(7)16(27)11-9(6)17(28)13-14(25(2)3)18(29)12(21(24)32)20(31)23(13,35)19(11)30/h4-6,9,13-14,17,26-28,31,35H,1-3H3,(H2,24,32)(H,33,34)/t6-,9?,13?,14-,17?,23-/m0/s1. The lowest BCUT2D eigenvalue weighted by Gasteiger charge is -2.53. The molecule has 8 N–H and O–H groups in total. The van der Waals surface area contributed by atoms with Gasteiger partial charge >= 0.3 is 5.97 Å². The van der Waals surface area contributed by atoms with Crippen LogP contribution in [-0.2, 0) is 14.4 Å². The molecule has 0 aromatic heterocycles. The average Bonchev–Trinajstić information content (AvgIpc) is 2.75. The summed E-state index contributed by atoms with van der Waals surface area (Å²) in [5, 5.41) is 64.7. The molecule has 1 amide bonds. The van der Waals surface area contributed by atoms with E-state index in [1.165, 1.54) is 25.1 Å². The number of nitrogens with two attached hydrogens (primary N) is 1. The highest BCUT2D eigenvalue weighted by Crippen LogP contribution is 2.56. The zero-order valence-electron chi connectivity index (χ0n) is 18.9. The van der Waals surface area contributed by atoms with E-state index in [9.17, 15) is 49.8 Å².